The van der Waals surface area contributed by atoms with E-state index in [2.05, 4.69) is 0 Å². The van der Waals surface area contributed by atoms with Crippen molar-refractivity contribution in [3.05, 3.63) is 35.7 Å². The van der Waals surface area contributed by atoms with E-state index in [9.17, 15) is 9.18 Å². The van der Waals surface area contributed by atoms with E-state index < -0.39 is 11.8 Å². The summed E-state index contributed by atoms with van der Waals surface area (Å²) in [5.74, 6) is -1.05. The van der Waals surface area contributed by atoms with Crippen LogP contribution in [0.15, 0.2) is 24.3 Å². The second-order valence-corrected chi connectivity index (χ2v) is 4.06. The van der Waals surface area contributed by atoms with E-state index in [1.807, 2.05) is 0 Å². The molecule has 0 unspecified atom stereocenters. The summed E-state index contributed by atoms with van der Waals surface area (Å²) in [4.78, 5) is 10.7. The van der Waals surface area contributed by atoms with E-state index in [0.717, 1.165) is 12.8 Å². The van der Waals surface area contributed by atoms with Crippen molar-refractivity contribution in [1.82, 2.24) is 0 Å². The van der Waals surface area contributed by atoms with Gasteiger partial charge in [0.05, 0.1) is 7.11 Å². The highest BCUT2D eigenvalue weighted by Gasteiger charge is 2.28. The zero-order valence-corrected chi connectivity index (χ0v) is 9.44. The first-order valence-corrected chi connectivity index (χ1v) is 5.40. The Morgan fingerprint density at radius 3 is 2.71 bits per heavy atom. The molecule has 90 valence electrons. The zero-order valence-electron chi connectivity index (χ0n) is 9.44. The highest BCUT2D eigenvalue weighted by atomic mass is 19.1. The predicted molar refractivity (Wildman–Crippen MR) is 61.3 cm³/mol. The summed E-state index contributed by atoms with van der Waals surface area (Å²) in [6.07, 6.45) is 3.10. The molecule has 17 heavy (non-hydrogen) atoms. The molecular weight excluding hydrogens is 223 g/mol. The Balaban J connectivity index is 2.37. The molecule has 1 N–H and O–H groups in total. The van der Waals surface area contributed by atoms with Crippen LogP contribution in [0.3, 0.4) is 0 Å². The first-order valence-electron chi connectivity index (χ1n) is 5.40. The number of rotatable bonds is 4. The van der Waals surface area contributed by atoms with Crippen LogP contribution < -0.4 is 4.74 Å². The van der Waals surface area contributed by atoms with E-state index >= 15 is 0 Å². The van der Waals surface area contributed by atoms with Crippen LogP contribution in [0.2, 0.25) is 0 Å². The van der Waals surface area contributed by atoms with Crippen molar-refractivity contribution < 1.29 is 19.0 Å². The first kappa shape index (κ1) is 11.6. The molecule has 0 heterocycles. The fourth-order valence-corrected chi connectivity index (χ4v) is 1.81. The quantitative estimate of drug-likeness (QED) is 0.817. The number of benzene rings is 1. The zero-order chi connectivity index (χ0) is 12.4. The van der Waals surface area contributed by atoms with Crippen molar-refractivity contribution in [3.8, 4) is 5.75 Å². The minimum absolute atomic E-state index is 0.166. The second kappa shape index (κ2) is 4.57. The van der Waals surface area contributed by atoms with Gasteiger partial charge in [0.25, 0.3) is 0 Å². The standard InChI is InChI=1S/C13H13FO3/c1-17-12-5-4-9(6-11(12)14)10(7-13(15)16)8-2-3-8/h4-8H,2-3H2,1H3,(H,15,16)/b10-7+. The van der Waals surface area contributed by atoms with Gasteiger partial charge in [-0.05, 0) is 42.0 Å². The average molecular weight is 236 g/mol. The monoisotopic (exact) mass is 236 g/mol. The van der Waals surface area contributed by atoms with Gasteiger partial charge in [-0.25, -0.2) is 9.18 Å². The van der Waals surface area contributed by atoms with Crippen LogP contribution in [-0.2, 0) is 4.79 Å². The molecule has 0 bridgehead atoms. The van der Waals surface area contributed by atoms with Gasteiger partial charge in [-0.3, -0.25) is 0 Å². The van der Waals surface area contributed by atoms with Crippen molar-refractivity contribution in [3.63, 3.8) is 0 Å². The maximum atomic E-state index is 13.5. The lowest BCUT2D eigenvalue weighted by Gasteiger charge is -2.08. The minimum Gasteiger partial charge on any atom is -0.494 e. The average Bonchev–Trinajstić information content (AvgIpc) is 3.09. The number of hydrogen-bond donors (Lipinski definition) is 1. The number of carboxylic acids is 1. The molecule has 0 amide bonds. The molecule has 1 aromatic rings. The molecule has 1 aliphatic rings. The molecule has 1 aromatic carbocycles. The number of aliphatic carboxylic acids is 1. The Labute approximate surface area is 98.5 Å². The Morgan fingerprint density at radius 2 is 2.24 bits per heavy atom. The highest BCUT2D eigenvalue weighted by molar-refractivity contribution is 5.91. The molecule has 3 nitrogen and oxygen atoms in total. The van der Waals surface area contributed by atoms with Gasteiger partial charge in [0.2, 0.25) is 0 Å². The van der Waals surface area contributed by atoms with Gasteiger partial charge >= 0.3 is 5.97 Å². The van der Waals surface area contributed by atoms with Crippen molar-refractivity contribution in [2.24, 2.45) is 5.92 Å². The fraction of sp³-hybridized carbons (Fsp3) is 0.308. The predicted octanol–water partition coefficient (Wildman–Crippen LogP) is 2.71. The number of carbonyl (C=O) groups is 1. The molecule has 1 saturated carbocycles. The second-order valence-electron chi connectivity index (χ2n) is 4.06. The summed E-state index contributed by atoms with van der Waals surface area (Å²) in [5, 5.41) is 8.80. The Bertz CT molecular complexity index is 476. The SMILES string of the molecule is COc1ccc(/C(=C/C(=O)O)C2CC2)cc1F. The van der Waals surface area contributed by atoms with Gasteiger partial charge in [-0.1, -0.05) is 6.07 Å². The summed E-state index contributed by atoms with van der Waals surface area (Å²) in [6, 6.07) is 4.53. The highest BCUT2D eigenvalue weighted by Crippen LogP contribution is 2.42. The molecular formula is C13H13FO3. The van der Waals surface area contributed by atoms with Crippen LogP contribution >= 0.6 is 0 Å². The van der Waals surface area contributed by atoms with E-state index in [0.29, 0.717) is 11.1 Å². The first-order chi connectivity index (χ1) is 8.11. The van der Waals surface area contributed by atoms with Gasteiger partial charge < -0.3 is 9.84 Å². The molecule has 4 heteroatoms. The number of allylic oxidation sites excluding steroid dienone is 1. The minimum atomic E-state index is -0.997. The lowest BCUT2D eigenvalue weighted by Crippen LogP contribution is -1.96. The molecule has 0 aromatic heterocycles. The Hall–Kier alpha value is -1.84. The fourth-order valence-electron chi connectivity index (χ4n) is 1.81. The molecule has 0 radical (unpaired) electrons. The van der Waals surface area contributed by atoms with Crippen molar-refractivity contribution in [2.45, 2.75) is 12.8 Å². The van der Waals surface area contributed by atoms with E-state index in [-0.39, 0.29) is 11.7 Å². The topological polar surface area (TPSA) is 46.5 Å². The third kappa shape index (κ3) is 2.64. The third-order valence-electron chi connectivity index (χ3n) is 2.78. The van der Waals surface area contributed by atoms with Crippen LogP contribution in [-0.4, -0.2) is 18.2 Å². The number of methoxy groups -OCH3 is 1. The number of ether oxygens (including phenoxy) is 1. The molecule has 1 fully saturated rings. The third-order valence-corrected chi connectivity index (χ3v) is 2.78. The van der Waals surface area contributed by atoms with Gasteiger partial charge in [0.15, 0.2) is 11.6 Å². The van der Waals surface area contributed by atoms with Gasteiger partial charge in [-0.15, -0.1) is 0 Å². The molecule has 0 aliphatic heterocycles. The number of hydrogen-bond acceptors (Lipinski definition) is 2. The summed E-state index contributed by atoms with van der Waals surface area (Å²) < 4.78 is 18.4. The van der Waals surface area contributed by atoms with Crippen molar-refractivity contribution in [1.29, 1.82) is 0 Å². The van der Waals surface area contributed by atoms with Crippen LogP contribution in [0.4, 0.5) is 4.39 Å². The van der Waals surface area contributed by atoms with Crippen molar-refractivity contribution >= 4 is 11.5 Å². The largest absolute Gasteiger partial charge is 0.494 e. The molecule has 0 spiro atoms. The smallest absolute Gasteiger partial charge is 0.328 e. The summed E-state index contributed by atoms with van der Waals surface area (Å²) >= 11 is 0. The molecule has 0 saturated heterocycles. The summed E-state index contributed by atoms with van der Waals surface area (Å²) in [5.41, 5.74) is 1.31. The molecule has 0 atom stereocenters. The molecule has 1 aliphatic carbocycles. The van der Waals surface area contributed by atoms with E-state index in [4.69, 9.17) is 9.84 Å². The lowest BCUT2D eigenvalue weighted by molar-refractivity contribution is -0.131. The van der Waals surface area contributed by atoms with Crippen molar-refractivity contribution in [2.75, 3.05) is 7.11 Å². The lowest BCUT2D eigenvalue weighted by atomic mass is 10.0. The molecule has 2 rings (SSSR count). The maximum Gasteiger partial charge on any atom is 0.328 e. The van der Waals surface area contributed by atoms with E-state index in [1.165, 1.54) is 25.3 Å². The Kier molecular flexibility index (Phi) is 3.13. The van der Waals surface area contributed by atoms with Gasteiger partial charge in [0.1, 0.15) is 0 Å². The normalized spacial score (nSPS) is 15.8. The maximum absolute atomic E-state index is 13.5. The van der Waals surface area contributed by atoms with E-state index in [1.54, 1.807) is 6.07 Å². The Morgan fingerprint density at radius 1 is 1.53 bits per heavy atom. The van der Waals surface area contributed by atoms with Crippen LogP contribution in [0.25, 0.3) is 5.57 Å². The van der Waals surface area contributed by atoms with Gasteiger partial charge in [0, 0.05) is 6.08 Å². The van der Waals surface area contributed by atoms with Crippen LogP contribution in [0.1, 0.15) is 18.4 Å². The van der Waals surface area contributed by atoms with Crippen LogP contribution in [0.5, 0.6) is 5.75 Å². The van der Waals surface area contributed by atoms with Gasteiger partial charge in [-0.2, -0.15) is 0 Å². The number of halogens is 1. The summed E-state index contributed by atoms with van der Waals surface area (Å²) in [6.45, 7) is 0. The summed E-state index contributed by atoms with van der Waals surface area (Å²) in [7, 11) is 1.40. The number of carboxylic acid groups (broad SMARTS) is 1. The van der Waals surface area contributed by atoms with Crippen LogP contribution in [0, 0.1) is 11.7 Å².